The molecule has 4 aromatic rings. The third-order valence-electron chi connectivity index (χ3n) is 4.30. The second kappa shape index (κ2) is 5.35. The number of hydrogen-bond donors (Lipinski definition) is 0. The Kier molecular flexibility index (Phi) is 3.47. The zero-order valence-electron chi connectivity index (χ0n) is 14.4. The summed E-state index contributed by atoms with van der Waals surface area (Å²) in [5.41, 5.74) is 2.70. The number of aromatic nitrogens is 5. The molecule has 130 valence electrons. The average molecular weight is 361 g/mol. The average Bonchev–Trinajstić information content (AvgIpc) is 3.21. The molecule has 0 aliphatic heterocycles. The Bertz CT molecular complexity index is 1110. The molecule has 1 unspecified atom stereocenters. The van der Waals surface area contributed by atoms with Crippen molar-refractivity contribution in [3.05, 3.63) is 17.1 Å². The number of fused-ring (bicyclic) bond motifs is 5. The van der Waals surface area contributed by atoms with Gasteiger partial charge in [-0.05, 0) is 33.8 Å². The Morgan fingerprint density at radius 1 is 0.920 bits per heavy atom. The fourth-order valence-corrected chi connectivity index (χ4v) is 3.44. The SMILES string of the molecule is CSC(C)c1c(F)c2c3nonc3c(C(C)(C)C)nc2c2nonc12. The van der Waals surface area contributed by atoms with Gasteiger partial charge in [-0.2, -0.15) is 11.8 Å². The van der Waals surface area contributed by atoms with Crippen molar-refractivity contribution in [2.75, 3.05) is 6.26 Å². The molecule has 1 atom stereocenters. The summed E-state index contributed by atoms with van der Waals surface area (Å²) in [5, 5.41) is 15.9. The highest BCUT2D eigenvalue weighted by Gasteiger charge is 2.30. The standard InChI is InChI=1S/C16H16FN5O2S/c1-6(25-5)7-9(17)8-10(13-11(7)19-23-21-13)18-15(16(2,3)4)14-12(8)20-24-22-14/h6H,1-5H3. The largest absolute Gasteiger partial charge is 0.247 e. The number of benzene rings is 1. The maximum atomic E-state index is 15.5. The van der Waals surface area contributed by atoms with E-state index >= 15 is 4.39 Å². The summed E-state index contributed by atoms with van der Waals surface area (Å²) < 4.78 is 25.3. The summed E-state index contributed by atoms with van der Waals surface area (Å²) >= 11 is 1.50. The summed E-state index contributed by atoms with van der Waals surface area (Å²) in [5.74, 6) is -0.436. The fourth-order valence-electron chi connectivity index (χ4n) is 2.99. The van der Waals surface area contributed by atoms with Gasteiger partial charge in [-0.1, -0.05) is 20.8 Å². The predicted molar refractivity (Wildman–Crippen MR) is 93.1 cm³/mol. The van der Waals surface area contributed by atoms with Crippen LogP contribution in [0.15, 0.2) is 9.26 Å². The van der Waals surface area contributed by atoms with Crippen molar-refractivity contribution in [2.24, 2.45) is 0 Å². The van der Waals surface area contributed by atoms with Crippen molar-refractivity contribution in [3.8, 4) is 0 Å². The van der Waals surface area contributed by atoms with Gasteiger partial charge in [0, 0.05) is 16.2 Å². The number of pyridine rings is 1. The van der Waals surface area contributed by atoms with Gasteiger partial charge in [-0.25, -0.2) is 18.6 Å². The lowest BCUT2D eigenvalue weighted by atomic mass is 9.89. The first-order chi connectivity index (χ1) is 11.8. The molecule has 0 fully saturated rings. The van der Waals surface area contributed by atoms with Crippen LogP contribution in [-0.2, 0) is 5.41 Å². The molecule has 3 heterocycles. The molecular formula is C16H16FN5O2S. The number of halogens is 1. The van der Waals surface area contributed by atoms with E-state index in [2.05, 4.69) is 25.6 Å². The van der Waals surface area contributed by atoms with Crippen LogP contribution >= 0.6 is 11.8 Å². The van der Waals surface area contributed by atoms with E-state index in [1.165, 1.54) is 11.8 Å². The Labute approximate surface area is 146 Å². The third kappa shape index (κ3) is 2.21. The maximum absolute atomic E-state index is 15.5. The summed E-state index contributed by atoms with van der Waals surface area (Å²) in [4.78, 5) is 4.66. The van der Waals surface area contributed by atoms with Gasteiger partial charge in [0.05, 0.1) is 11.1 Å². The fraction of sp³-hybridized carbons (Fsp3) is 0.438. The topological polar surface area (TPSA) is 90.7 Å². The number of nitrogens with zero attached hydrogens (tertiary/aromatic N) is 5. The van der Waals surface area contributed by atoms with Gasteiger partial charge in [0.1, 0.15) is 22.4 Å². The smallest absolute Gasteiger partial charge is 0.162 e. The molecule has 0 saturated carbocycles. The van der Waals surface area contributed by atoms with Crippen LogP contribution in [0.2, 0.25) is 0 Å². The van der Waals surface area contributed by atoms with E-state index < -0.39 is 5.82 Å². The molecule has 1 aromatic carbocycles. The monoisotopic (exact) mass is 361 g/mol. The van der Waals surface area contributed by atoms with Crippen molar-refractivity contribution >= 4 is 44.7 Å². The highest BCUT2D eigenvalue weighted by Crippen LogP contribution is 2.40. The van der Waals surface area contributed by atoms with Gasteiger partial charge in [0.15, 0.2) is 11.0 Å². The van der Waals surface area contributed by atoms with Crippen LogP contribution in [0.3, 0.4) is 0 Å². The van der Waals surface area contributed by atoms with Crippen molar-refractivity contribution in [1.82, 2.24) is 25.6 Å². The van der Waals surface area contributed by atoms with E-state index in [-0.39, 0.29) is 16.1 Å². The second-order valence-electron chi connectivity index (χ2n) is 6.96. The summed E-state index contributed by atoms with van der Waals surface area (Å²) in [6.45, 7) is 7.88. The molecular weight excluding hydrogens is 345 g/mol. The molecule has 0 N–H and O–H groups in total. The van der Waals surface area contributed by atoms with Crippen molar-refractivity contribution in [3.63, 3.8) is 0 Å². The lowest BCUT2D eigenvalue weighted by Gasteiger charge is -2.19. The second-order valence-corrected chi connectivity index (χ2v) is 8.14. The Balaban J connectivity index is 2.29. The molecule has 7 nitrogen and oxygen atoms in total. The van der Waals surface area contributed by atoms with Crippen molar-refractivity contribution in [1.29, 1.82) is 0 Å². The van der Waals surface area contributed by atoms with Crippen LogP contribution in [-0.4, -0.2) is 31.9 Å². The predicted octanol–water partition coefficient (Wildman–Crippen LogP) is 4.17. The number of rotatable bonds is 2. The molecule has 0 spiro atoms. The zero-order chi connectivity index (χ0) is 17.9. The lowest BCUT2D eigenvalue weighted by Crippen LogP contribution is -2.15. The molecule has 3 aromatic heterocycles. The summed E-state index contributed by atoms with van der Waals surface area (Å²) in [6, 6.07) is 0. The quantitative estimate of drug-likeness (QED) is 0.525. The van der Waals surface area contributed by atoms with Crippen LogP contribution in [0.4, 0.5) is 4.39 Å². The van der Waals surface area contributed by atoms with Crippen molar-refractivity contribution in [2.45, 2.75) is 38.4 Å². The van der Waals surface area contributed by atoms with Gasteiger partial charge in [0.2, 0.25) is 0 Å². The van der Waals surface area contributed by atoms with Gasteiger partial charge >= 0.3 is 0 Å². The first-order valence-electron chi connectivity index (χ1n) is 7.77. The zero-order valence-corrected chi connectivity index (χ0v) is 15.2. The van der Waals surface area contributed by atoms with E-state index in [1.54, 1.807) is 0 Å². The molecule has 4 rings (SSSR count). The summed E-state index contributed by atoms with van der Waals surface area (Å²) in [7, 11) is 0. The van der Waals surface area contributed by atoms with E-state index in [9.17, 15) is 0 Å². The normalized spacial score (nSPS) is 14.0. The van der Waals surface area contributed by atoms with Gasteiger partial charge in [0.25, 0.3) is 0 Å². The highest BCUT2D eigenvalue weighted by atomic mass is 32.2. The van der Waals surface area contributed by atoms with Crippen LogP contribution in [0.1, 0.15) is 44.2 Å². The number of hydrogen-bond acceptors (Lipinski definition) is 8. The molecule has 0 bridgehead atoms. The third-order valence-corrected chi connectivity index (χ3v) is 5.25. The Morgan fingerprint density at radius 3 is 2.16 bits per heavy atom. The minimum Gasteiger partial charge on any atom is -0.247 e. The van der Waals surface area contributed by atoms with Crippen LogP contribution < -0.4 is 0 Å². The lowest BCUT2D eigenvalue weighted by molar-refractivity contribution is 0.315. The molecule has 0 aliphatic carbocycles. The molecule has 9 heteroatoms. The van der Waals surface area contributed by atoms with E-state index in [1.807, 2.05) is 34.0 Å². The first-order valence-corrected chi connectivity index (χ1v) is 9.06. The minimum atomic E-state index is -0.436. The number of thioether (sulfide) groups is 1. The van der Waals surface area contributed by atoms with Gasteiger partial charge < -0.3 is 0 Å². The molecule has 0 amide bonds. The van der Waals surface area contributed by atoms with Gasteiger partial charge in [-0.15, -0.1) is 0 Å². The highest BCUT2D eigenvalue weighted by molar-refractivity contribution is 7.98. The van der Waals surface area contributed by atoms with Crippen LogP contribution in [0.5, 0.6) is 0 Å². The molecule has 0 aliphatic rings. The maximum Gasteiger partial charge on any atom is 0.162 e. The Hall–Kier alpha value is -2.29. The van der Waals surface area contributed by atoms with E-state index in [0.29, 0.717) is 38.8 Å². The molecule has 0 radical (unpaired) electrons. The van der Waals surface area contributed by atoms with Crippen molar-refractivity contribution < 1.29 is 13.6 Å². The van der Waals surface area contributed by atoms with E-state index in [0.717, 1.165) is 0 Å². The van der Waals surface area contributed by atoms with Crippen LogP contribution in [0.25, 0.3) is 33.0 Å². The molecule has 0 saturated heterocycles. The van der Waals surface area contributed by atoms with E-state index in [4.69, 9.17) is 9.26 Å². The minimum absolute atomic E-state index is 0.143. The van der Waals surface area contributed by atoms with Gasteiger partial charge in [-0.3, -0.25) is 0 Å². The molecule has 25 heavy (non-hydrogen) atoms. The summed E-state index contributed by atoms with van der Waals surface area (Å²) in [6.07, 6.45) is 1.90. The Morgan fingerprint density at radius 2 is 1.52 bits per heavy atom. The van der Waals surface area contributed by atoms with Crippen LogP contribution in [0, 0.1) is 5.82 Å². The first kappa shape index (κ1) is 16.2.